The van der Waals surface area contributed by atoms with Crippen molar-refractivity contribution >= 4 is 22.8 Å². The van der Waals surface area contributed by atoms with Crippen LogP contribution in [-0.2, 0) is 5.75 Å². The van der Waals surface area contributed by atoms with Crippen LogP contribution >= 0.6 is 11.8 Å². The smallest absolute Gasteiger partial charge is 0.172 e. The quantitative estimate of drug-likeness (QED) is 0.541. The Labute approximate surface area is 131 Å². The molecule has 5 heteroatoms. The third-order valence-corrected chi connectivity index (χ3v) is 4.65. The van der Waals surface area contributed by atoms with Crippen LogP contribution < -0.4 is 0 Å². The van der Waals surface area contributed by atoms with E-state index in [1.807, 2.05) is 65.6 Å². The average Bonchev–Trinajstić information content (AvgIpc) is 3.13. The van der Waals surface area contributed by atoms with Crippen molar-refractivity contribution in [2.45, 2.75) is 10.9 Å². The zero-order valence-electron chi connectivity index (χ0n) is 11.7. The number of nitrogens with zero attached hydrogens (tertiary/aromatic N) is 4. The molecule has 0 bridgehead atoms. The summed E-state index contributed by atoms with van der Waals surface area (Å²) in [6, 6.07) is 14.2. The highest BCUT2D eigenvalue weighted by Gasteiger charge is 2.11. The molecule has 106 valence electrons. The molecule has 4 nitrogen and oxygen atoms in total. The predicted molar refractivity (Wildman–Crippen MR) is 86.9 cm³/mol. The summed E-state index contributed by atoms with van der Waals surface area (Å²) in [7, 11) is 0. The Morgan fingerprint density at radius 2 is 2.00 bits per heavy atom. The first-order valence-electron chi connectivity index (χ1n) is 6.90. The van der Waals surface area contributed by atoms with E-state index in [1.54, 1.807) is 11.8 Å². The molecule has 0 unspecified atom stereocenters. The van der Waals surface area contributed by atoms with E-state index in [2.05, 4.69) is 15.5 Å². The summed E-state index contributed by atoms with van der Waals surface area (Å²) in [5.41, 5.74) is 3.81. The average molecular weight is 304 g/mol. The molecule has 0 aromatic carbocycles. The van der Waals surface area contributed by atoms with Crippen LogP contribution in [-0.4, -0.2) is 13.8 Å². The van der Waals surface area contributed by atoms with Gasteiger partial charge >= 0.3 is 0 Å². The van der Waals surface area contributed by atoms with Crippen LogP contribution in [0.3, 0.4) is 0 Å². The van der Waals surface area contributed by atoms with Crippen molar-refractivity contribution in [3.05, 3.63) is 72.3 Å². The molecular weight excluding hydrogens is 292 g/mol. The van der Waals surface area contributed by atoms with Gasteiger partial charge in [-0.15, -0.1) is 0 Å². The van der Waals surface area contributed by atoms with Gasteiger partial charge < -0.3 is 4.40 Å². The van der Waals surface area contributed by atoms with Crippen LogP contribution in [0.4, 0.5) is 0 Å². The maximum absolute atomic E-state index is 9.44. The molecule has 0 aliphatic rings. The van der Waals surface area contributed by atoms with Gasteiger partial charge in [0.2, 0.25) is 0 Å². The summed E-state index contributed by atoms with van der Waals surface area (Å²) < 4.78 is 4.06. The Bertz CT molecular complexity index is 1010. The maximum Gasteiger partial charge on any atom is 0.172 e. The molecule has 0 aliphatic carbocycles. The molecule has 0 aliphatic heterocycles. The summed E-state index contributed by atoms with van der Waals surface area (Å²) in [5, 5.41) is 10.4. The van der Waals surface area contributed by atoms with E-state index in [1.165, 1.54) is 0 Å². The zero-order chi connectivity index (χ0) is 14.9. The second kappa shape index (κ2) is 5.24. The lowest BCUT2D eigenvalue weighted by Gasteiger charge is -2.00. The Balaban J connectivity index is 1.68. The molecule has 22 heavy (non-hydrogen) atoms. The van der Waals surface area contributed by atoms with Crippen LogP contribution in [0.5, 0.6) is 0 Å². The second-order valence-electron chi connectivity index (χ2n) is 4.96. The molecule has 4 aromatic heterocycles. The van der Waals surface area contributed by atoms with Gasteiger partial charge in [0, 0.05) is 24.3 Å². The molecule has 4 rings (SSSR count). The van der Waals surface area contributed by atoms with Crippen molar-refractivity contribution in [1.29, 1.82) is 5.26 Å². The number of aromatic nitrogens is 3. The molecule has 0 saturated heterocycles. The minimum Gasteiger partial charge on any atom is -0.322 e. The van der Waals surface area contributed by atoms with Gasteiger partial charge in [-0.2, -0.15) is 5.26 Å². The van der Waals surface area contributed by atoms with Gasteiger partial charge in [-0.1, -0.05) is 23.9 Å². The highest BCUT2D eigenvalue weighted by molar-refractivity contribution is 7.98. The van der Waals surface area contributed by atoms with Crippen molar-refractivity contribution in [3.8, 4) is 6.07 Å². The molecule has 0 spiro atoms. The first-order valence-corrected chi connectivity index (χ1v) is 7.89. The van der Waals surface area contributed by atoms with Gasteiger partial charge in [0.25, 0.3) is 0 Å². The van der Waals surface area contributed by atoms with E-state index in [9.17, 15) is 5.26 Å². The van der Waals surface area contributed by atoms with Gasteiger partial charge in [-0.05, 0) is 29.8 Å². The van der Waals surface area contributed by atoms with Crippen LogP contribution in [0.2, 0.25) is 0 Å². The number of pyridine rings is 2. The van der Waals surface area contributed by atoms with Crippen molar-refractivity contribution in [1.82, 2.24) is 13.8 Å². The number of imidazole rings is 1. The van der Waals surface area contributed by atoms with Gasteiger partial charge in [-0.3, -0.25) is 4.40 Å². The van der Waals surface area contributed by atoms with E-state index < -0.39 is 0 Å². The fourth-order valence-corrected chi connectivity index (χ4v) is 3.52. The van der Waals surface area contributed by atoms with Crippen LogP contribution in [0.1, 0.15) is 11.1 Å². The molecule has 0 fully saturated rings. The Morgan fingerprint density at radius 3 is 2.91 bits per heavy atom. The summed E-state index contributed by atoms with van der Waals surface area (Å²) in [5.74, 6) is 0.721. The summed E-state index contributed by atoms with van der Waals surface area (Å²) in [4.78, 5) is 4.46. The van der Waals surface area contributed by atoms with Gasteiger partial charge in [0.1, 0.15) is 6.07 Å². The number of fused-ring (bicyclic) bond motifs is 2. The lowest BCUT2D eigenvalue weighted by Crippen LogP contribution is -1.88. The molecule has 0 atom stereocenters. The van der Waals surface area contributed by atoms with Crippen molar-refractivity contribution in [3.63, 3.8) is 0 Å². The number of rotatable bonds is 3. The van der Waals surface area contributed by atoms with E-state index in [0.717, 1.165) is 33.1 Å². The topological polar surface area (TPSA) is 45.5 Å². The van der Waals surface area contributed by atoms with Crippen LogP contribution in [0, 0.1) is 11.3 Å². The molecule has 4 heterocycles. The van der Waals surface area contributed by atoms with E-state index >= 15 is 0 Å². The lowest BCUT2D eigenvalue weighted by atomic mass is 10.2. The third-order valence-electron chi connectivity index (χ3n) is 3.64. The molecular formula is C17H12N4S. The fraction of sp³-hybridized carbons (Fsp3) is 0.0588. The molecule has 0 saturated carbocycles. The number of hydrogen-bond donors (Lipinski definition) is 0. The molecule has 0 N–H and O–H groups in total. The van der Waals surface area contributed by atoms with Crippen molar-refractivity contribution in [2.24, 2.45) is 0 Å². The maximum atomic E-state index is 9.44. The minimum atomic E-state index is 0.721. The Morgan fingerprint density at radius 1 is 1.14 bits per heavy atom. The third kappa shape index (κ3) is 2.05. The van der Waals surface area contributed by atoms with Crippen molar-refractivity contribution < 1.29 is 0 Å². The van der Waals surface area contributed by atoms with E-state index in [-0.39, 0.29) is 0 Å². The van der Waals surface area contributed by atoms with Crippen LogP contribution in [0.25, 0.3) is 11.0 Å². The monoisotopic (exact) mass is 304 g/mol. The summed E-state index contributed by atoms with van der Waals surface area (Å²) >= 11 is 1.64. The fourth-order valence-electron chi connectivity index (χ4n) is 2.58. The largest absolute Gasteiger partial charge is 0.322 e. The highest BCUT2D eigenvalue weighted by Crippen LogP contribution is 2.27. The van der Waals surface area contributed by atoms with E-state index in [4.69, 9.17) is 0 Å². The molecule has 0 radical (unpaired) electrons. The Hall–Kier alpha value is -2.71. The standard InChI is InChI=1S/C17H12N4S/c18-9-15-13(11-20-7-3-2-6-16(15)20)12-22-17-19-10-14-5-1-4-8-21(14)17/h1-8,10-11H,12H2. The molecule has 0 amide bonds. The highest BCUT2D eigenvalue weighted by atomic mass is 32.2. The summed E-state index contributed by atoms with van der Waals surface area (Å²) in [6.45, 7) is 0. The first-order chi connectivity index (χ1) is 10.9. The zero-order valence-corrected chi connectivity index (χ0v) is 12.5. The van der Waals surface area contributed by atoms with Gasteiger partial charge in [0.05, 0.1) is 22.8 Å². The number of thioether (sulfide) groups is 1. The normalized spacial score (nSPS) is 11.0. The van der Waals surface area contributed by atoms with Crippen molar-refractivity contribution in [2.75, 3.05) is 0 Å². The van der Waals surface area contributed by atoms with Crippen LogP contribution in [0.15, 0.2) is 66.3 Å². The second-order valence-corrected chi connectivity index (χ2v) is 5.90. The minimum absolute atomic E-state index is 0.721. The van der Waals surface area contributed by atoms with Gasteiger partial charge in [-0.25, -0.2) is 4.98 Å². The van der Waals surface area contributed by atoms with Gasteiger partial charge in [0.15, 0.2) is 5.16 Å². The number of hydrogen-bond acceptors (Lipinski definition) is 3. The first kappa shape index (κ1) is 13.0. The SMILES string of the molecule is N#Cc1c(CSc2ncc3ccccn23)cn2ccccc12. The lowest BCUT2D eigenvalue weighted by molar-refractivity contribution is 0.957. The predicted octanol–water partition coefficient (Wildman–Crippen LogP) is 3.75. The molecule has 4 aromatic rings. The van der Waals surface area contributed by atoms with E-state index in [0.29, 0.717) is 0 Å². The number of nitriles is 1. The Kier molecular flexibility index (Phi) is 3.10. The summed E-state index contributed by atoms with van der Waals surface area (Å²) in [6.07, 6.45) is 7.86.